The van der Waals surface area contributed by atoms with Crippen LogP contribution in [0, 0.1) is 6.92 Å². The topological polar surface area (TPSA) is 24.5 Å². The highest BCUT2D eigenvalue weighted by molar-refractivity contribution is 9.10. The fourth-order valence-corrected chi connectivity index (χ4v) is 2.89. The number of aryl methyl sites for hydroxylation is 1. The van der Waals surface area contributed by atoms with Crippen molar-refractivity contribution in [3.63, 3.8) is 0 Å². The number of nitrogens with one attached hydrogen (secondary N) is 1. The van der Waals surface area contributed by atoms with Gasteiger partial charge in [0.05, 0.1) is 18.8 Å². The van der Waals surface area contributed by atoms with Crippen LogP contribution in [-0.4, -0.2) is 44.3 Å². The maximum Gasteiger partial charge on any atom is 0.0896 e. The second-order valence-corrected chi connectivity index (χ2v) is 6.01. The third kappa shape index (κ3) is 3.57. The van der Waals surface area contributed by atoms with E-state index in [0.717, 1.165) is 26.2 Å². The number of benzene rings is 1. The molecule has 1 heterocycles. The molecule has 1 aliphatic rings. The molecule has 2 rings (SSSR count). The predicted molar refractivity (Wildman–Crippen MR) is 82.5 cm³/mol. The molecule has 2 atom stereocenters. The molecule has 0 saturated carbocycles. The summed E-state index contributed by atoms with van der Waals surface area (Å²) >= 11 is 3.57. The van der Waals surface area contributed by atoms with Crippen molar-refractivity contribution in [3.05, 3.63) is 33.8 Å². The molecule has 2 unspecified atom stereocenters. The Morgan fingerprint density at radius 2 is 2.26 bits per heavy atom. The Hall–Kier alpha value is -0.420. The lowest BCUT2D eigenvalue weighted by Gasteiger charge is -2.39. The minimum atomic E-state index is 0.222. The standard InChI is InChI=1S/C15H23BrN2O/c1-4-17-10-14-15(18(3)7-8-19-14)12-5-6-13(16)11(2)9-12/h5-6,9,14-15,17H,4,7-8,10H2,1-3H3. The minimum absolute atomic E-state index is 0.222. The van der Waals surface area contributed by atoms with Crippen LogP contribution in [0.15, 0.2) is 22.7 Å². The summed E-state index contributed by atoms with van der Waals surface area (Å²) in [4.78, 5) is 2.40. The number of hydrogen-bond acceptors (Lipinski definition) is 3. The van der Waals surface area contributed by atoms with Crippen molar-refractivity contribution in [3.8, 4) is 0 Å². The highest BCUT2D eigenvalue weighted by Gasteiger charge is 2.31. The summed E-state index contributed by atoms with van der Waals surface area (Å²) in [7, 11) is 2.18. The van der Waals surface area contributed by atoms with E-state index in [0.29, 0.717) is 6.04 Å². The van der Waals surface area contributed by atoms with E-state index < -0.39 is 0 Å². The van der Waals surface area contributed by atoms with Crippen molar-refractivity contribution in [2.24, 2.45) is 0 Å². The van der Waals surface area contributed by atoms with E-state index in [4.69, 9.17) is 4.74 Å². The first kappa shape index (κ1) is 15.0. The molecule has 0 bridgehead atoms. The van der Waals surface area contributed by atoms with E-state index in [1.165, 1.54) is 15.6 Å². The van der Waals surface area contributed by atoms with Crippen molar-refractivity contribution in [2.75, 3.05) is 33.3 Å². The normalized spacial score (nSPS) is 24.6. The molecule has 1 N–H and O–H groups in total. The van der Waals surface area contributed by atoms with Crippen LogP contribution in [0.3, 0.4) is 0 Å². The molecule has 0 aliphatic carbocycles. The van der Waals surface area contributed by atoms with E-state index in [9.17, 15) is 0 Å². The zero-order valence-electron chi connectivity index (χ0n) is 11.9. The maximum atomic E-state index is 5.97. The molecule has 0 aromatic heterocycles. The minimum Gasteiger partial charge on any atom is -0.374 e. The summed E-state index contributed by atoms with van der Waals surface area (Å²) in [5, 5.41) is 3.40. The van der Waals surface area contributed by atoms with Gasteiger partial charge in [-0.1, -0.05) is 35.0 Å². The fraction of sp³-hybridized carbons (Fsp3) is 0.600. The molecule has 4 heteroatoms. The molecule has 19 heavy (non-hydrogen) atoms. The third-order valence-corrected chi connectivity index (χ3v) is 4.61. The lowest BCUT2D eigenvalue weighted by Crippen LogP contribution is -2.47. The average Bonchev–Trinajstić information content (AvgIpc) is 2.40. The van der Waals surface area contributed by atoms with Gasteiger partial charge in [-0.15, -0.1) is 0 Å². The van der Waals surface area contributed by atoms with E-state index >= 15 is 0 Å². The smallest absolute Gasteiger partial charge is 0.0896 e. The summed E-state index contributed by atoms with van der Waals surface area (Å²) in [5.41, 5.74) is 2.62. The van der Waals surface area contributed by atoms with Gasteiger partial charge in [0.15, 0.2) is 0 Å². The Kier molecular flexibility index (Phi) is 5.39. The molecule has 1 aliphatic heterocycles. The van der Waals surface area contributed by atoms with Crippen LogP contribution in [0.2, 0.25) is 0 Å². The molecule has 1 aromatic carbocycles. The fourth-order valence-electron chi connectivity index (χ4n) is 2.64. The van der Waals surface area contributed by atoms with Crippen molar-refractivity contribution >= 4 is 15.9 Å². The number of halogens is 1. The van der Waals surface area contributed by atoms with Gasteiger partial charge in [0.2, 0.25) is 0 Å². The van der Waals surface area contributed by atoms with Gasteiger partial charge < -0.3 is 10.1 Å². The molecule has 1 saturated heterocycles. The van der Waals surface area contributed by atoms with Gasteiger partial charge in [-0.3, -0.25) is 4.90 Å². The summed E-state index contributed by atoms with van der Waals surface area (Å²) in [6.07, 6.45) is 0.222. The Balaban J connectivity index is 2.22. The molecule has 0 radical (unpaired) electrons. The number of morpholine rings is 1. The first-order valence-corrected chi connectivity index (χ1v) is 7.71. The Morgan fingerprint density at radius 1 is 1.47 bits per heavy atom. The third-order valence-electron chi connectivity index (χ3n) is 3.72. The highest BCUT2D eigenvalue weighted by Crippen LogP contribution is 2.30. The van der Waals surface area contributed by atoms with Crippen LogP contribution in [-0.2, 0) is 4.74 Å². The lowest BCUT2D eigenvalue weighted by molar-refractivity contribution is -0.0611. The van der Waals surface area contributed by atoms with E-state index in [1.54, 1.807) is 0 Å². The van der Waals surface area contributed by atoms with Gasteiger partial charge in [-0.2, -0.15) is 0 Å². The first-order chi connectivity index (χ1) is 9.13. The molecule has 1 fully saturated rings. The number of hydrogen-bond donors (Lipinski definition) is 1. The average molecular weight is 327 g/mol. The molecule has 106 valence electrons. The van der Waals surface area contributed by atoms with E-state index in [2.05, 4.69) is 65.2 Å². The molecular formula is C15H23BrN2O. The molecule has 0 amide bonds. The van der Waals surface area contributed by atoms with Crippen LogP contribution >= 0.6 is 15.9 Å². The zero-order chi connectivity index (χ0) is 13.8. The molecule has 0 spiro atoms. The Bertz CT molecular complexity index is 425. The van der Waals surface area contributed by atoms with Crippen LogP contribution in [0.5, 0.6) is 0 Å². The van der Waals surface area contributed by atoms with E-state index in [1.807, 2.05) is 0 Å². The number of rotatable bonds is 4. The van der Waals surface area contributed by atoms with Gasteiger partial charge in [0.25, 0.3) is 0 Å². The van der Waals surface area contributed by atoms with Gasteiger partial charge >= 0.3 is 0 Å². The van der Waals surface area contributed by atoms with Crippen LogP contribution in [0.25, 0.3) is 0 Å². The predicted octanol–water partition coefficient (Wildman–Crippen LogP) is 2.74. The van der Waals surface area contributed by atoms with Crippen molar-refractivity contribution in [1.29, 1.82) is 0 Å². The number of likely N-dealkylation sites (N-methyl/N-ethyl adjacent to an activating group) is 2. The van der Waals surface area contributed by atoms with Gasteiger partial charge in [0.1, 0.15) is 0 Å². The summed E-state index contributed by atoms with van der Waals surface area (Å²) < 4.78 is 7.14. The van der Waals surface area contributed by atoms with Gasteiger partial charge in [-0.05, 0) is 37.7 Å². The largest absolute Gasteiger partial charge is 0.374 e. The monoisotopic (exact) mass is 326 g/mol. The summed E-state index contributed by atoms with van der Waals surface area (Å²) in [5.74, 6) is 0. The quantitative estimate of drug-likeness (QED) is 0.920. The van der Waals surface area contributed by atoms with Crippen LogP contribution < -0.4 is 5.32 Å². The highest BCUT2D eigenvalue weighted by atomic mass is 79.9. The second kappa shape index (κ2) is 6.84. The summed E-state index contributed by atoms with van der Waals surface area (Å²) in [6, 6.07) is 6.93. The molecular weight excluding hydrogens is 304 g/mol. The summed E-state index contributed by atoms with van der Waals surface area (Å²) in [6.45, 7) is 7.96. The number of nitrogens with zero attached hydrogens (tertiary/aromatic N) is 1. The van der Waals surface area contributed by atoms with Gasteiger partial charge in [-0.25, -0.2) is 0 Å². The van der Waals surface area contributed by atoms with Crippen molar-refractivity contribution in [2.45, 2.75) is 26.0 Å². The Morgan fingerprint density at radius 3 is 2.95 bits per heavy atom. The Labute approximate surface area is 124 Å². The van der Waals surface area contributed by atoms with Gasteiger partial charge in [0, 0.05) is 17.6 Å². The SMILES string of the molecule is CCNCC1OCCN(C)C1c1ccc(Br)c(C)c1. The lowest BCUT2D eigenvalue weighted by atomic mass is 9.97. The maximum absolute atomic E-state index is 5.97. The molecule has 1 aromatic rings. The van der Waals surface area contributed by atoms with Crippen LogP contribution in [0.4, 0.5) is 0 Å². The number of ether oxygens (including phenoxy) is 1. The zero-order valence-corrected chi connectivity index (χ0v) is 13.5. The van der Waals surface area contributed by atoms with Crippen LogP contribution in [0.1, 0.15) is 24.1 Å². The van der Waals surface area contributed by atoms with Crippen molar-refractivity contribution < 1.29 is 4.74 Å². The first-order valence-electron chi connectivity index (χ1n) is 6.92. The molecule has 3 nitrogen and oxygen atoms in total. The van der Waals surface area contributed by atoms with E-state index in [-0.39, 0.29) is 6.10 Å². The van der Waals surface area contributed by atoms with Crippen molar-refractivity contribution in [1.82, 2.24) is 10.2 Å². The second-order valence-electron chi connectivity index (χ2n) is 5.15.